The lowest BCUT2D eigenvalue weighted by molar-refractivity contribution is -0.122. The molecule has 15 nitrogen and oxygen atoms in total. The van der Waals surface area contributed by atoms with Gasteiger partial charge >= 0.3 is 0 Å². The Hall–Kier alpha value is -5.65. The first kappa shape index (κ1) is 152. The zero-order valence-corrected chi connectivity index (χ0v) is 101. The molecule has 0 aliphatic heterocycles. The van der Waals surface area contributed by atoms with Gasteiger partial charge in [0.2, 0.25) is 11.8 Å². The fourth-order valence-corrected chi connectivity index (χ4v) is 16.3. The summed E-state index contributed by atoms with van der Waals surface area (Å²) in [6.07, 6.45) is 156. The highest BCUT2D eigenvalue weighted by Crippen LogP contribution is 2.20. The molecule has 147 heavy (non-hydrogen) atoms. The third-order valence-corrected chi connectivity index (χ3v) is 25.8. The Bertz CT molecular complexity index is 2860. The molecule has 0 fully saturated rings. The maximum atomic E-state index is 12.2. The van der Waals surface area contributed by atoms with Crippen LogP contribution in [-0.4, -0.2) is 156 Å². The summed E-state index contributed by atoms with van der Waals surface area (Å²) in [6, 6.07) is 0. The number of hydrazine groups is 1. The quantitative estimate of drug-likeness (QED) is 0.00846. The molecular weight excluding hydrogens is 1800 g/mol. The molecule has 0 saturated heterocycles. The van der Waals surface area contributed by atoms with Gasteiger partial charge in [0.15, 0.2) is 0 Å². The summed E-state index contributed by atoms with van der Waals surface area (Å²) >= 11 is 0. The van der Waals surface area contributed by atoms with Gasteiger partial charge in [-0.25, -0.2) is 11.3 Å². The van der Waals surface area contributed by atoms with Crippen LogP contribution in [0.2, 0.25) is 0 Å². The summed E-state index contributed by atoms with van der Waals surface area (Å²) in [5.74, 6) is 5.25. The fraction of sp³-hybridized carbons (Fsp3) is 0.780. The minimum atomic E-state index is -0.122. The molecule has 0 aromatic rings. The van der Waals surface area contributed by atoms with Crippen LogP contribution in [0.3, 0.4) is 0 Å². The van der Waals surface area contributed by atoms with Crippen molar-refractivity contribution in [3.05, 3.63) is 146 Å². The van der Waals surface area contributed by atoms with Crippen LogP contribution in [0.4, 0.5) is 0 Å². The van der Waals surface area contributed by atoms with Gasteiger partial charge in [-0.3, -0.25) is 19.8 Å². The number of ketones is 1. The maximum Gasteiger partial charge on any atom is 0.241 e. The van der Waals surface area contributed by atoms with E-state index in [0.29, 0.717) is 18.6 Å². The summed E-state index contributed by atoms with van der Waals surface area (Å²) in [5.41, 5.74) is 16.1. The van der Waals surface area contributed by atoms with E-state index in [0.717, 1.165) is 123 Å². The molecule has 0 aromatic carbocycles. The molecular formula is C132H253N11O4. The molecule has 0 saturated carbocycles. The Morgan fingerprint density at radius 3 is 0.619 bits per heavy atom. The number of carbonyl (C=O) groups excluding carboxylic acids is 3. The van der Waals surface area contributed by atoms with Crippen LogP contribution in [0.25, 0.3) is 0 Å². The highest BCUT2D eigenvalue weighted by Gasteiger charge is 2.09. The van der Waals surface area contributed by atoms with Crippen molar-refractivity contribution in [1.29, 1.82) is 0 Å². The van der Waals surface area contributed by atoms with E-state index >= 15 is 0 Å². The molecule has 0 bridgehead atoms. The van der Waals surface area contributed by atoms with E-state index in [2.05, 4.69) is 247 Å². The first-order valence-corrected chi connectivity index (χ1v) is 62.3. The van der Waals surface area contributed by atoms with Gasteiger partial charge in [0.1, 0.15) is 5.78 Å². The van der Waals surface area contributed by atoms with E-state index in [4.69, 9.17) is 21.8 Å². The number of hydrogen-bond acceptors (Lipinski definition) is 13. The van der Waals surface area contributed by atoms with Crippen molar-refractivity contribution in [2.75, 3.05) is 102 Å². The summed E-state index contributed by atoms with van der Waals surface area (Å²) in [7, 11) is 16.2. The van der Waals surface area contributed by atoms with E-state index in [1.807, 2.05) is 38.0 Å². The number of hydrogen-bond donors (Lipinski definition) is 6. The van der Waals surface area contributed by atoms with Crippen molar-refractivity contribution in [2.45, 2.75) is 569 Å². The maximum absolute atomic E-state index is 12.2. The number of aliphatic hydroxyl groups excluding tert-OH is 1. The lowest BCUT2D eigenvalue weighted by Gasteiger charge is -2.11. The number of likely N-dealkylation sites (N-methyl/N-ethyl adjacent to an activating group) is 1. The summed E-state index contributed by atoms with van der Waals surface area (Å²) in [5, 5.41) is 17.0. The average molecular weight is 2060 g/mol. The summed E-state index contributed by atoms with van der Waals surface area (Å²) in [4.78, 5) is 43.1. The van der Waals surface area contributed by atoms with E-state index in [1.165, 1.54) is 435 Å². The smallest absolute Gasteiger partial charge is 0.241 e. The number of nitrogens with zero attached hydrogens (tertiary/aromatic N) is 6. The minimum absolute atomic E-state index is 0.0280. The van der Waals surface area contributed by atoms with Gasteiger partial charge in [0, 0.05) is 69.9 Å². The second-order valence-electron chi connectivity index (χ2n) is 42.1. The third-order valence-electron chi connectivity index (χ3n) is 25.8. The Morgan fingerprint density at radius 1 is 0.231 bits per heavy atom. The number of hydrazone groups is 2. The molecule has 0 heterocycles. The Kier molecular flexibility index (Phi) is 147. The summed E-state index contributed by atoms with van der Waals surface area (Å²) in [6.45, 7) is 20.9. The first-order valence-electron chi connectivity index (χ1n) is 62.3. The zero-order valence-electron chi connectivity index (χ0n) is 101. The second-order valence-corrected chi connectivity index (χ2v) is 42.1. The molecule has 0 atom stereocenters. The van der Waals surface area contributed by atoms with Crippen molar-refractivity contribution in [3.63, 3.8) is 0 Å². The Labute approximate surface area is 917 Å². The number of Topliss-reactive ketones (excluding diaryl/α,β-unsaturated/α-hetero) is 1. The van der Waals surface area contributed by atoms with Crippen LogP contribution in [0.5, 0.6) is 0 Å². The fourth-order valence-electron chi connectivity index (χ4n) is 16.3. The first-order chi connectivity index (χ1) is 72.0. The third kappa shape index (κ3) is 158. The lowest BCUT2D eigenvalue weighted by atomic mass is 10.0. The van der Waals surface area contributed by atoms with Gasteiger partial charge in [0.25, 0.3) is 0 Å². The molecule has 0 unspecified atom stereocenters. The molecule has 860 valence electrons. The van der Waals surface area contributed by atoms with Crippen LogP contribution in [0.15, 0.2) is 156 Å². The molecule has 0 rings (SSSR count). The molecule has 15 heteroatoms. The average Bonchev–Trinajstić information content (AvgIpc) is 0.968. The van der Waals surface area contributed by atoms with Crippen molar-refractivity contribution in [3.8, 4) is 0 Å². The number of amides is 2. The zero-order chi connectivity index (χ0) is 109. The molecule has 0 aliphatic rings. The molecule has 0 aromatic heterocycles. The summed E-state index contributed by atoms with van der Waals surface area (Å²) < 4.78 is 0. The number of nitrogens with one attached hydrogen (secondary N) is 3. The van der Waals surface area contributed by atoms with Gasteiger partial charge in [-0.2, -0.15) is 10.2 Å². The van der Waals surface area contributed by atoms with E-state index < -0.39 is 0 Å². The molecule has 0 radical (unpaired) electrons. The highest BCUT2D eigenvalue weighted by molar-refractivity contribution is 5.86. The van der Waals surface area contributed by atoms with E-state index in [9.17, 15) is 14.4 Å². The molecule has 8 N–H and O–H groups in total. The van der Waals surface area contributed by atoms with Crippen molar-refractivity contribution in [1.82, 2.24) is 35.9 Å². The number of rotatable bonds is 104. The minimum Gasteiger partial charge on any atom is -0.397 e. The van der Waals surface area contributed by atoms with Gasteiger partial charge in [0.05, 0.1) is 0 Å². The van der Waals surface area contributed by atoms with Crippen LogP contribution in [-0.2, 0) is 14.4 Å². The van der Waals surface area contributed by atoms with Gasteiger partial charge < -0.3 is 35.9 Å². The monoisotopic (exact) mass is 2060 g/mol. The van der Waals surface area contributed by atoms with Crippen LogP contribution < -0.4 is 27.9 Å². The van der Waals surface area contributed by atoms with Gasteiger partial charge in [-0.15, -0.1) is 0 Å². The number of allylic oxidation sites excluding steroid dienone is 24. The number of unbranched alkanes of at least 4 members (excludes halogenated alkanes) is 54. The topological polar surface area (TPSA) is 197 Å². The van der Waals surface area contributed by atoms with Gasteiger partial charge in [-0.05, 0) is 340 Å². The van der Waals surface area contributed by atoms with Crippen molar-refractivity contribution >= 4 is 29.0 Å². The van der Waals surface area contributed by atoms with E-state index in [-0.39, 0.29) is 18.4 Å². The normalized spacial score (nSPS) is 11.8. The standard InChI is InChI=1S/C42H77N3O.C41H77N3.C37H66O.C5H13N3O.C5H14N2.C2H6O/c1-5-7-9-11-13-15-17-19-21-23-25-27-29-31-33-35-37-41(43-44-42(46)39-40-45(3)4)38-36-34-32-30-28-26-24-22-20-18-16-14-12-10-8-6-2;1-5-7-9-11-13-15-17-19-21-23-25-27-29-31-33-35-37-41(43-42-39-40-44(3)4)38-36-34-32-30-28-26-24-22-20-18-16-14-12-10-8-6-2;1-3-5-7-9-11-13-15-17-19-21-23-25-27-29-31-33-35-37(38)36-34-32-30-28-26-24-22-20-18-16-14-12-10-8-6-4-2;1-8(2)4-3-5(9)7-6;1-7(2)5-3-4-6;1-2-3/h13-16,19-22H,5-12,17-18,23-40H2,1-4H3,(H,44,46);13-16,19-22,42H,5-12,17-18,23-40H2,1-4H3;11-14,17-20H,3-10,15-16,21-36H2,1-2H3;3-4,6H2,1-2H3,(H,7,9);3-6H2,1-2H3;3H,2H2,1H3/b2*15-13-,16-14-,21-19-,22-20-;13-11-,14-12-,19-17-,20-18-;;;. The Balaban J connectivity index is -0.000000464. The predicted molar refractivity (Wildman–Crippen MR) is 662 cm³/mol. The molecule has 0 aliphatic carbocycles. The van der Waals surface area contributed by atoms with Gasteiger partial charge in [-0.1, -0.05) is 419 Å². The molecule has 0 spiro atoms. The SMILES string of the molecule is CCCCC/C=C\C/C=C\CCCCCCCCC(=O)CCCCCCCC/C=C\C/C=C\CCCCC.CCCCC/C=C\C/C=C\CCCCCCCCC(CCCCCCCC/C=C\C/C=C\CCCCC)=NNC(=O)CCN(C)C.CCCCC/C=C\C/C=C\CCCCCCCCC(CCCCCCCC/C=C\C/C=C\CCCCC)=NNCCN(C)C.CCO.CN(C)CCC(=O)NN.CN(C)CCCN. The Morgan fingerprint density at radius 2 is 0.422 bits per heavy atom. The highest BCUT2D eigenvalue weighted by atomic mass is 16.2. The van der Waals surface area contributed by atoms with Crippen LogP contribution in [0, 0.1) is 0 Å². The number of aliphatic hydroxyl groups is 1. The number of carbonyl (C=O) groups is 3. The van der Waals surface area contributed by atoms with Crippen molar-refractivity contribution < 1.29 is 19.5 Å². The van der Waals surface area contributed by atoms with Crippen molar-refractivity contribution in [2.24, 2.45) is 21.8 Å². The predicted octanol–water partition coefficient (Wildman–Crippen LogP) is 37.5. The van der Waals surface area contributed by atoms with Crippen LogP contribution in [0.1, 0.15) is 569 Å². The lowest BCUT2D eigenvalue weighted by Crippen LogP contribution is -2.32. The van der Waals surface area contributed by atoms with E-state index in [1.54, 1.807) is 6.92 Å². The van der Waals surface area contributed by atoms with Crippen LogP contribution >= 0.6 is 0 Å². The number of nitrogens with two attached hydrogens (primary N) is 2. The largest absolute Gasteiger partial charge is 0.397 e. The second kappa shape index (κ2) is 142. The molecule has 2 amide bonds.